The Morgan fingerprint density at radius 2 is 1.88 bits per heavy atom. The fraction of sp³-hybridized carbons (Fsp3) is 0.200. The summed E-state index contributed by atoms with van der Waals surface area (Å²) in [6.45, 7) is 4.29. The van der Waals surface area contributed by atoms with E-state index in [2.05, 4.69) is 31.0 Å². The van der Waals surface area contributed by atoms with E-state index in [1.807, 2.05) is 30.3 Å². The normalized spacial score (nSPS) is 15.6. The lowest BCUT2D eigenvalue weighted by Gasteiger charge is -2.04. The number of esters is 1. The number of carbonyl (C=O) groups excluding carboxylic acids is 1. The molecule has 1 heterocycles. The number of carbonyl (C=O) groups is 1. The van der Waals surface area contributed by atoms with Gasteiger partial charge in [-0.25, -0.2) is 9.79 Å². The molecule has 4 nitrogen and oxygen atoms in total. The summed E-state index contributed by atoms with van der Waals surface area (Å²) in [7, 11) is 1.59. The number of methoxy groups -OCH3 is 1. The number of hydrogen-bond acceptors (Lipinski definition) is 4. The summed E-state index contributed by atoms with van der Waals surface area (Å²) in [6.07, 6.45) is 1.74. The average molecular weight is 321 g/mol. The molecular formula is C20H19NO3. The van der Waals surface area contributed by atoms with Crippen LogP contribution in [0.25, 0.3) is 6.08 Å². The van der Waals surface area contributed by atoms with Crippen molar-refractivity contribution in [3.8, 4) is 5.75 Å². The second-order valence-electron chi connectivity index (χ2n) is 5.89. The van der Waals surface area contributed by atoms with Crippen molar-refractivity contribution in [3.05, 3.63) is 70.9 Å². The van der Waals surface area contributed by atoms with Crippen molar-refractivity contribution in [3.63, 3.8) is 0 Å². The van der Waals surface area contributed by atoms with Gasteiger partial charge in [-0.1, -0.05) is 44.2 Å². The van der Waals surface area contributed by atoms with Crippen molar-refractivity contribution in [1.82, 2.24) is 0 Å². The maximum atomic E-state index is 12.1. The summed E-state index contributed by atoms with van der Waals surface area (Å²) in [5.41, 5.74) is 3.18. The van der Waals surface area contributed by atoms with Gasteiger partial charge in [0, 0.05) is 5.56 Å². The first-order chi connectivity index (χ1) is 11.6. The molecule has 0 saturated heterocycles. The van der Waals surface area contributed by atoms with Crippen LogP contribution in [-0.2, 0) is 9.53 Å². The van der Waals surface area contributed by atoms with Gasteiger partial charge in [-0.3, -0.25) is 0 Å². The van der Waals surface area contributed by atoms with Crippen LogP contribution in [0.2, 0.25) is 0 Å². The molecule has 0 aliphatic carbocycles. The van der Waals surface area contributed by atoms with E-state index >= 15 is 0 Å². The number of rotatable bonds is 4. The third-order valence-corrected chi connectivity index (χ3v) is 3.84. The van der Waals surface area contributed by atoms with Crippen LogP contribution < -0.4 is 4.74 Å². The largest absolute Gasteiger partial charge is 0.497 e. The Kier molecular flexibility index (Phi) is 4.47. The van der Waals surface area contributed by atoms with Gasteiger partial charge < -0.3 is 9.47 Å². The first-order valence-electron chi connectivity index (χ1n) is 7.84. The van der Waals surface area contributed by atoms with Crippen molar-refractivity contribution in [2.75, 3.05) is 7.11 Å². The molecule has 0 N–H and O–H groups in total. The first kappa shape index (κ1) is 16.0. The molecule has 3 rings (SSSR count). The van der Waals surface area contributed by atoms with Gasteiger partial charge in [0.1, 0.15) is 5.75 Å². The van der Waals surface area contributed by atoms with Gasteiger partial charge in [-0.15, -0.1) is 0 Å². The fourth-order valence-electron chi connectivity index (χ4n) is 2.42. The van der Waals surface area contributed by atoms with E-state index in [0.717, 1.165) is 5.56 Å². The van der Waals surface area contributed by atoms with Crippen LogP contribution in [0, 0.1) is 0 Å². The van der Waals surface area contributed by atoms with Gasteiger partial charge in [0.2, 0.25) is 5.90 Å². The van der Waals surface area contributed by atoms with Crippen molar-refractivity contribution in [2.24, 2.45) is 4.99 Å². The van der Waals surface area contributed by atoms with Crippen LogP contribution in [0.3, 0.4) is 0 Å². The smallest absolute Gasteiger partial charge is 0.363 e. The maximum absolute atomic E-state index is 12.1. The molecule has 0 unspecified atom stereocenters. The van der Waals surface area contributed by atoms with Crippen molar-refractivity contribution in [2.45, 2.75) is 19.8 Å². The molecule has 1 aliphatic rings. The minimum absolute atomic E-state index is 0.295. The number of cyclic esters (lactones) is 1. The molecule has 122 valence electrons. The monoisotopic (exact) mass is 321 g/mol. The van der Waals surface area contributed by atoms with E-state index in [-0.39, 0.29) is 0 Å². The zero-order valence-corrected chi connectivity index (χ0v) is 13.9. The summed E-state index contributed by atoms with van der Waals surface area (Å²) >= 11 is 0. The lowest BCUT2D eigenvalue weighted by molar-refractivity contribution is -0.129. The summed E-state index contributed by atoms with van der Waals surface area (Å²) in [4.78, 5) is 16.4. The molecule has 0 saturated carbocycles. The van der Waals surface area contributed by atoms with Crippen molar-refractivity contribution in [1.29, 1.82) is 0 Å². The van der Waals surface area contributed by atoms with Crippen LogP contribution in [0.5, 0.6) is 5.75 Å². The summed E-state index contributed by atoms with van der Waals surface area (Å²) in [5.74, 6) is 1.01. The highest BCUT2D eigenvalue weighted by atomic mass is 16.6. The standard InChI is InChI=1S/C20H19NO3/c1-13(2)15-9-7-14(8-10-15)11-18-20(22)24-19(21-18)16-5-4-6-17(12-16)23-3/h4-13H,1-3H3/b18-11+. The van der Waals surface area contributed by atoms with E-state index < -0.39 is 5.97 Å². The van der Waals surface area contributed by atoms with E-state index in [1.54, 1.807) is 19.3 Å². The van der Waals surface area contributed by atoms with Crippen molar-refractivity contribution < 1.29 is 14.3 Å². The van der Waals surface area contributed by atoms with Crippen LogP contribution in [-0.4, -0.2) is 19.0 Å². The molecule has 2 aromatic carbocycles. The highest BCUT2D eigenvalue weighted by Gasteiger charge is 2.24. The van der Waals surface area contributed by atoms with Gasteiger partial charge in [0.15, 0.2) is 5.70 Å². The SMILES string of the molecule is COc1cccc(C2=N/C(=C/c3ccc(C(C)C)cc3)C(=O)O2)c1. The van der Waals surface area contributed by atoms with Gasteiger partial charge in [0.05, 0.1) is 7.11 Å². The second kappa shape index (κ2) is 6.71. The predicted octanol–water partition coefficient (Wildman–Crippen LogP) is 4.16. The molecule has 0 radical (unpaired) electrons. The Morgan fingerprint density at radius 3 is 2.54 bits per heavy atom. The van der Waals surface area contributed by atoms with Crippen LogP contribution in [0.15, 0.2) is 59.2 Å². The Hall–Kier alpha value is -2.88. The van der Waals surface area contributed by atoms with Crippen LogP contribution in [0.1, 0.15) is 36.5 Å². The molecule has 0 aromatic heterocycles. The quantitative estimate of drug-likeness (QED) is 0.627. The lowest BCUT2D eigenvalue weighted by Crippen LogP contribution is -2.05. The minimum atomic E-state index is -0.444. The number of benzene rings is 2. The van der Waals surface area contributed by atoms with E-state index in [0.29, 0.717) is 28.8 Å². The molecule has 0 spiro atoms. The number of ether oxygens (including phenoxy) is 2. The maximum Gasteiger partial charge on any atom is 0.363 e. The molecule has 0 bridgehead atoms. The van der Waals surface area contributed by atoms with Gasteiger partial charge in [-0.2, -0.15) is 0 Å². The third-order valence-electron chi connectivity index (χ3n) is 3.84. The van der Waals surface area contributed by atoms with Crippen molar-refractivity contribution >= 4 is 17.9 Å². The fourth-order valence-corrected chi connectivity index (χ4v) is 2.42. The molecular weight excluding hydrogens is 302 g/mol. The number of nitrogens with zero attached hydrogens (tertiary/aromatic N) is 1. The first-order valence-corrected chi connectivity index (χ1v) is 7.84. The summed E-state index contributed by atoms with van der Waals surface area (Å²) in [5, 5.41) is 0. The Balaban J connectivity index is 1.88. The molecule has 24 heavy (non-hydrogen) atoms. The molecule has 0 atom stereocenters. The highest BCUT2D eigenvalue weighted by molar-refractivity contribution is 6.12. The summed E-state index contributed by atoms with van der Waals surface area (Å²) in [6, 6.07) is 15.4. The van der Waals surface area contributed by atoms with E-state index in [1.165, 1.54) is 5.56 Å². The van der Waals surface area contributed by atoms with Crippen LogP contribution in [0.4, 0.5) is 0 Å². The zero-order valence-electron chi connectivity index (χ0n) is 13.9. The molecule has 1 aliphatic heterocycles. The third kappa shape index (κ3) is 3.38. The highest BCUT2D eigenvalue weighted by Crippen LogP contribution is 2.22. The van der Waals surface area contributed by atoms with Crippen LogP contribution >= 0.6 is 0 Å². The zero-order chi connectivity index (χ0) is 17.1. The average Bonchev–Trinajstić information content (AvgIpc) is 2.96. The molecule has 0 fully saturated rings. The number of hydrogen-bond donors (Lipinski definition) is 0. The second-order valence-corrected chi connectivity index (χ2v) is 5.89. The molecule has 4 heteroatoms. The van der Waals surface area contributed by atoms with Gasteiger partial charge >= 0.3 is 5.97 Å². The van der Waals surface area contributed by atoms with E-state index in [9.17, 15) is 4.79 Å². The lowest BCUT2D eigenvalue weighted by atomic mass is 10.0. The predicted molar refractivity (Wildman–Crippen MR) is 94.1 cm³/mol. The molecule has 2 aromatic rings. The topological polar surface area (TPSA) is 47.9 Å². The minimum Gasteiger partial charge on any atom is -0.497 e. The summed E-state index contributed by atoms with van der Waals surface area (Å²) < 4.78 is 10.5. The Labute approximate surface area is 141 Å². The van der Waals surface area contributed by atoms with E-state index in [4.69, 9.17) is 9.47 Å². The Bertz CT molecular complexity index is 817. The molecule has 0 amide bonds. The van der Waals surface area contributed by atoms with Gasteiger partial charge in [0.25, 0.3) is 0 Å². The Morgan fingerprint density at radius 1 is 1.12 bits per heavy atom. The number of aliphatic imine (C=N–C) groups is 1. The van der Waals surface area contributed by atoms with Gasteiger partial charge in [-0.05, 0) is 41.3 Å².